The van der Waals surface area contributed by atoms with Crippen molar-refractivity contribution in [1.29, 1.82) is 0 Å². The highest BCUT2D eigenvalue weighted by Crippen LogP contribution is 2.32. The molecule has 0 heterocycles. The lowest BCUT2D eigenvalue weighted by molar-refractivity contribution is 0.0963. The Kier molecular flexibility index (Phi) is 15.4. The lowest BCUT2D eigenvalue weighted by Gasteiger charge is -2.22. The molecule has 0 radical (unpaired) electrons. The maximum atomic E-state index is 13.3. The zero-order valence-corrected chi connectivity index (χ0v) is 25.5. The molecule has 204 valence electrons. The number of rotatable bonds is 18. The number of benzene rings is 3. The van der Waals surface area contributed by atoms with Crippen molar-refractivity contribution in [2.45, 2.75) is 97.3 Å². The fraction of sp³-hybridized carbons (Fsp3) is 0.545. The Hall–Kier alpha value is -1.42. The first-order chi connectivity index (χ1) is 17.6. The van der Waals surface area contributed by atoms with E-state index in [0.717, 1.165) is 35.1 Å². The average molecular weight is 589 g/mol. The number of halogens is 2. The monoisotopic (exact) mass is 587 g/mol. The van der Waals surface area contributed by atoms with Gasteiger partial charge in [-0.25, -0.2) is 0 Å². The summed E-state index contributed by atoms with van der Waals surface area (Å²) in [6.07, 6.45) is 16.5. The summed E-state index contributed by atoms with van der Waals surface area (Å²) in [5.41, 5.74) is 0.842. The van der Waals surface area contributed by atoms with Crippen LogP contribution in [0.5, 0.6) is 0 Å². The minimum Gasteiger partial charge on any atom is -0.303 e. The van der Waals surface area contributed by atoms with Gasteiger partial charge in [-0.15, -0.1) is 12.4 Å². The molecule has 0 aromatic heterocycles. The van der Waals surface area contributed by atoms with E-state index in [2.05, 4.69) is 77.1 Å². The van der Waals surface area contributed by atoms with Crippen molar-refractivity contribution in [2.24, 2.45) is 0 Å². The van der Waals surface area contributed by atoms with Crippen LogP contribution >= 0.6 is 28.3 Å². The molecule has 0 spiro atoms. The number of nitrogens with zero attached hydrogens (tertiary/aromatic N) is 1. The van der Waals surface area contributed by atoms with E-state index < -0.39 is 0 Å². The van der Waals surface area contributed by atoms with Gasteiger partial charge in [0, 0.05) is 23.0 Å². The first-order valence-electron chi connectivity index (χ1n) is 14.5. The van der Waals surface area contributed by atoms with Crippen LogP contribution in [0.3, 0.4) is 0 Å². The Labute approximate surface area is 240 Å². The van der Waals surface area contributed by atoms with Gasteiger partial charge < -0.3 is 4.90 Å². The van der Waals surface area contributed by atoms with Gasteiger partial charge >= 0.3 is 0 Å². The van der Waals surface area contributed by atoms with Crippen molar-refractivity contribution >= 4 is 55.7 Å². The van der Waals surface area contributed by atoms with E-state index in [9.17, 15) is 4.79 Å². The number of hydrogen-bond acceptors (Lipinski definition) is 2. The summed E-state index contributed by atoms with van der Waals surface area (Å²) in [5, 5.41) is 4.73. The average Bonchev–Trinajstić information content (AvgIpc) is 2.90. The smallest absolute Gasteiger partial charge is 0.164 e. The van der Waals surface area contributed by atoms with Crippen molar-refractivity contribution in [3.8, 4) is 0 Å². The zero-order valence-electron chi connectivity index (χ0n) is 23.1. The summed E-state index contributed by atoms with van der Waals surface area (Å²) >= 11 is 3.71. The predicted octanol–water partition coefficient (Wildman–Crippen LogP) is 10.8. The largest absolute Gasteiger partial charge is 0.303 e. The molecule has 0 atom stereocenters. The first-order valence-corrected chi connectivity index (χ1v) is 15.3. The molecule has 0 unspecified atom stereocenters. The highest BCUT2D eigenvalue weighted by molar-refractivity contribution is 9.10. The van der Waals surface area contributed by atoms with Crippen LogP contribution in [0.1, 0.15) is 108 Å². The summed E-state index contributed by atoms with van der Waals surface area (Å²) in [7, 11) is 0. The van der Waals surface area contributed by atoms with Crippen molar-refractivity contribution in [2.75, 3.05) is 19.6 Å². The van der Waals surface area contributed by atoms with E-state index >= 15 is 0 Å². The Morgan fingerprint density at radius 2 is 1.24 bits per heavy atom. The highest BCUT2D eigenvalue weighted by Gasteiger charge is 2.13. The van der Waals surface area contributed by atoms with Crippen molar-refractivity contribution < 1.29 is 4.79 Å². The van der Waals surface area contributed by atoms with Gasteiger partial charge in [-0.3, -0.25) is 4.79 Å². The SMILES string of the molecule is CCCCCCCCN(CCCCCCCC)CCC(=O)c1ccc2cc(Br)c3ccccc3c2c1.Cl. The number of fused-ring (bicyclic) bond motifs is 3. The second-order valence-electron chi connectivity index (χ2n) is 10.4. The normalized spacial score (nSPS) is 11.4. The Morgan fingerprint density at radius 3 is 1.86 bits per heavy atom. The molecule has 3 aromatic rings. The Morgan fingerprint density at radius 1 is 0.676 bits per heavy atom. The van der Waals surface area contributed by atoms with Crippen LogP contribution in [0.15, 0.2) is 53.0 Å². The molecule has 0 saturated heterocycles. The lowest BCUT2D eigenvalue weighted by Crippen LogP contribution is -2.28. The van der Waals surface area contributed by atoms with Gasteiger partial charge in [-0.2, -0.15) is 0 Å². The van der Waals surface area contributed by atoms with Crippen LogP contribution in [0.25, 0.3) is 21.5 Å². The molecule has 0 saturated carbocycles. The molecule has 2 nitrogen and oxygen atoms in total. The molecular formula is C33H47BrClNO. The molecule has 0 fully saturated rings. The van der Waals surface area contributed by atoms with Crippen LogP contribution in [-0.4, -0.2) is 30.3 Å². The summed E-state index contributed by atoms with van der Waals surface area (Å²) in [6.45, 7) is 7.68. The molecule has 4 heteroatoms. The van der Waals surface area contributed by atoms with E-state index in [1.165, 1.54) is 93.2 Å². The minimum absolute atomic E-state index is 0. The van der Waals surface area contributed by atoms with Gasteiger partial charge in [-0.1, -0.05) is 130 Å². The molecule has 0 aliphatic rings. The molecule has 0 aliphatic carbocycles. The van der Waals surface area contributed by atoms with Crippen LogP contribution in [-0.2, 0) is 0 Å². The van der Waals surface area contributed by atoms with Gasteiger partial charge in [0.25, 0.3) is 0 Å². The van der Waals surface area contributed by atoms with E-state index in [1.54, 1.807) is 0 Å². The zero-order chi connectivity index (χ0) is 25.6. The third-order valence-electron chi connectivity index (χ3n) is 7.44. The van der Waals surface area contributed by atoms with Gasteiger partial charge in [0.15, 0.2) is 5.78 Å². The van der Waals surface area contributed by atoms with E-state index in [0.29, 0.717) is 6.42 Å². The maximum Gasteiger partial charge on any atom is 0.164 e. The quantitative estimate of drug-likeness (QED) is 0.0836. The number of Topliss-reactive ketones (excluding diaryl/α,β-unsaturated/α-hetero) is 1. The number of carbonyl (C=O) groups excluding carboxylic acids is 1. The maximum absolute atomic E-state index is 13.3. The summed E-state index contributed by atoms with van der Waals surface area (Å²) in [4.78, 5) is 15.8. The molecule has 0 amide bonds. The van der Waals surface area contributed by atoms with Crippen LogP contribution < -0.4 is 0 Å². The predicted molar refractivity (Wildman–Crippen MR) is 169 cm³/mol. The highest BCUT2D eigenvalue weighted by atomic mass is 79.9. The standard InChI is InChI=1S/C33H46BrNO.ClH/c1-3-5-7-9-11-15-22-35(23-16-12-10-8-6-4-2)24-21-33(36)28-20-19-27-26-32(34)30-18-14-13-17-29(30)31(27)25-28;/h13-14,17-20,25-26H,3-12,15-16,21-24H2,1-2H3;1H. The number of ketones is 1. The van der Waals surface area contributed by atoms with Crippen molar-refractivity contribution in [1.82, 2.24) is 4.90 Å². The van der Waals surface area contributed by atoms with Gasteiger partial charge in [0.05, 0.1) is 0 Å². The summed E-state index contributed by atoms with van der Waals surface area (Å²) < 4.78 is 1.10. The third kappa shape index (κ3) is 10.3. The van der Waals surface area contributed by atoms with E-state index in [4.69, 9.17) is 0 Å². The summed E-state index contributed by atoms with van der Waals surface area (Å²) in [5.74, 6) is 0.264. The molecule has 0 N–H and O–H groups in total. The number of carbonyl (C=O) groups is 1. The van der Waals surface area contributed by atoms with Gasteiger partial charge in [0.1, 0.15) is 0 Å². The van der Waals surface area contributed by atoms with E-state index in [1.807, 2.05) is 6.07 Å². The number of hydrogen-bond donors (Lipinski definition) is 0. The van der Waals surface area contributed by atoms with Crippen LogP contribution in [0.2, 0.25) is 0 Å². The minimum atomic E-state index is 0. The van der Waals surface area contributed by atoms with Crippen LogP contribution in [0, 0.1) is 0 Å². The fourth-order valence-electron chi connectivity index (χ4n) is 5.20. The molecular weight excluding hydrogens is 542 g/mol. The van der Waals surface area contributed by atoms with Crippen molar-refractivity contribution in [3.63, 3.8) is 0 Å². The van der Waals surface area contributed by atoms with E-state index in [-0.39, 0.29) is 18.2 Å². The lowest BCUT2D eigenvalue weighted by atomic mass is 9.98. The topological polar surface area (TPSA) is 20.3 Å². The molecule has 0 aliphatic heterocycles. The second-order valence-corrected chi connectivity index (χ2v) is 11.2. The molecule has 37 heavy (non-hydrogen) atoms. The Balaban J connectivity index is 0.00000481. The summed E-state index contributed by atoms with van der Waals surface area (Å²) in [6, 6.07) is 16.8. The Bertz CT molecular complexity index is 1070. The first kappa shape index (κ1) is 31.8. The van der Waals surface area contributed by atoms with Gasteiger partial charge in [-0.05, 0) is 59.6 Å². The number of unbranched alkanes of at least 4 members (excludes halogenated alkanes) is 10. The molecule has 3 rings (SSSR count). The van der Waals surface area contributed by atoms with Gasteiger partial charge in [0.2, 0.25) is 0 Å². The third-order valence-corrected chi connectivity index (χ3v) is 8.10. The fourth-order valence-corrected chi connectivity index (χ4v) is 5.79. The second kappa shape index (κ2) is 18.0. The molecule has 0 bridgehead atoms. The van der Waals surface area contributed by atoms with Crippen molar-refractivity contribution in [3.05, 3.63) is 58.6 Å². The molecule has 3 aromatic carbocycles. The van der Waals surface area contributed by atoms with Crippen LogP contribution in [0.4, 0.5) is 0 Å².